The van der Waals surface area contributed by atoms with Crippen LogP contribution in [0.2, 0.25) is 0 Å². The third kappa shape index (κ3) is 9.94. The van der Waals surface area contributed by atoms with Crippen LogP contribution in [0, 0.1) is 0 Å². The molecule has 32 heavy (non-hydrogen) atoms. The molecule has 0 aliphatic rings. The number of carbonyl (C=O) groups is 3. The van der Waals surface area contributed by atoms with Crippen LogP contribution in [0.15, 0.2) is 54.6 Å². The molecule has 0 bridgehead atoms. The molecule has 0 aliphatic heterocycles. The Morgan fingerprint density at radius 1 is 1.00 bits per heavy atom. The van der Waals surface area contributed by atoms with E-state index >= 15 is 0 Å². The van der Waals surface area contributed by atoms with Gasteiger partial charge in [-0.3, -0.25) is 4.79 Å². The van der Waals surface area contributed by atoms with Crippen molar-refractivity contribution in [3.8, 4) is 5.75 Å². The van der Waals surface area contributed by atoms with Gasteiger partial charge in [-0.2, -0.15) is 13.2 Å². The third-order valence-electron chi connectivity index (χ3n) is 3.88. The van der Waals surface area contributed by atoms with Gasteiger partial charge in [-0.25, -0.2) is 9.59 Å². The highest BCUT2D eigenvalue weighted by atomic mass is 19.4. The normalized spacial score (nSPS) is 12.5. The van der Waals surface area contributed by atoms with E-state index in [0.29, 0.717) is 12.4 Å². The van der Waals surface area contributed by atoms with Crippen LogP contribution in [0.5, 0.6) is 5.75 Å². The van der Waals surface area contributed by atoms with Gasteiger partial charge in [0.2, 0.25) is 5.91 Å². The van der Waals surface area contributed by atoms with Crippen molar-refractivity contribution >= 4 is 17.8 Å². The summed E-state index contributed by atoms with van der Waals surface area (Å²) in [5.74, 6) is -3.65. The molecule has 2 rings (SSSR count). The number of benzene rings is 2. The molecule has 0 aliphatic carbocycles. The van der Waals surface area contributed by atoms with Crippen LogP contribution in [0.4, 0.5) is 13.2 Å². The first-order valence-electron chi connectivity index (χ1n) is 9.24. The van der Waals surface area contributed by atoms with Gasteiger partial charge < -0.3 is 26.0 Å². The van der Waals surface area contributed by atoms with Gasteiger partial charge in [-0.15, -0.1) is 0 Å². The predicted octanol–water partition coefficient (Wildman–Crippen LogP) is 2.36. The number of carbonyl (C=O) groups excluding carboxylic acids is 1. The minimum atomic E-state index is -5.08. The Kier molecular flexibility index (Phi) is 10.2. The van der Waals surface area contributed by atoms with E-state index < -0.39 is 36.1 Å². The zero-order chi connectivity index (χ0) is 24.3. The monoisotopic (exact) mass is 456 g/mol. The van der Waals surface area contributed by atoms with E-state index in [1.165, 1.54) is 6.92 Å². The highest BCUT2D eigenvalue weighted by Gasteiger charge is 2.38. The van der Waals surface area contributed by atoms with E-state index in [2.05, 4.69) is 5.32 Å². The van der Waals surface area contributed by atoms with Gasteiger partial charge >= 0.3 is 18.1 Å². The highest BCUT2D eigenvalue weighted by molar-refractivity contribution is 5.86. The van der Waals surface area contributed by atoms with Crippen LogP contribution in [0.3, 0.4) is 0 Å². The Labute approximate surface area is 181 Å². The second kappa shape index (κ2) is 12.3. The topological polar surface area (TPSA) is 139 Å². The summed E-state index contributed by atoms with van der Waals surface area (Å²) in [6.07, 6.45) is -4.91. The van der Waals surface area contributed by atoms with Crippen LogP contribution in [-0.2, 0) is 27.4 Å². The van der Waals surface area contributed by atoms with Crippen molar-refractivity contribution in [3.63, 3.8) is 0 Å². The standard InChI is InChI=1S/C19H22N2O4.C2HF3O2/c1-13(20)18(22)21-17(19(23)24)11-14-7-9-16(10-8-14)25-12-15-5-3-2-4-6-15;3-2(4,5)1(6)7/h2-10,13,17H,11-12,20H2,1H3,(H,21,22)(H,23,24);(H,6,7)/t13-,17?;/m0./s1. The summed E-state index contributed by atoms with van der Waals surface area (Å²) in [5.41, 5.74) is 7.31. The maximum Gasteiger partial charge on any atom is 0.490 e. The molecule has 0 heterocycles. The Balaban J connectivity index is 0.000000633. The number of nitrogens with two attached hydrogens (primary N) is 1. The number of hydrogen-bond donors (Lipinski definition) is 4. The van der Waals surface area contributed by atoms with Crippen molar-refractivity contribution in [2.24, 2.45) is 5.73 Å². The van der Waals surface area contributed by atoms with Crippen molar-refractivity contribution in [1.82, 2.24) is 5.32 Å². The quantitative estimate of drug-likeness (QED) is 0.478. The Hall–Kier alpha value is -3.60. The van der Waals surface area contributed by atoms with Crippen molar-refractivity contribution in [2.75, 3.05) is 0 Å². The van der Waals surface area contributed by atoms with Crippen LogP contribution >= 0.6 is 0 Å². The fourth-order valence-corrected chi connectivity index (χ4v) is 2.20. The van der Waals surface area contributed by atoms with E-state index in [1.54, 1.807) is 24.3 Å². The lowest BCUT2D eigenvalue weighted by Gasteiger charge is -2.16. The average Bonchev–Trinajstić information content (AvgIpc) is 2.73. The van der Waals surface area contributed by atoms with Gasteiger partial charge in [0.25, 0.3) is 0 Å². The molecule has 8 nitrogen and oxygen atoms in total. The molecule has 2 aromatic carbocycles. The molecule has 2 atom stereocenters. The smallest absolute Gasteiger partial charge is 0.489 e. The minimum Gasteiger partial charge on any atom is -0.489 e. The molecule has 0 aromatic heterocycles. The fourth-order valence-electron chi connectivity index (χ4n) is 2.20. The van der Waals surface area contributed by atoms with E-state index in [1.807, 2.05) is 30.3 Å². The molecule has 1 unspecified atom stereocenters. The van der Waals surface area contributed by atoms with Gasteiger partial charge in [0, 0.05) is 6.42 Å². The molecular weight excluding hydrogens is 433 g/mol. The van der Waals surface area contributed by atoms with Crippen molar-refractivity contribution in [2.45, 2.75) is 38.2 Å². The lowest BCUT2D eigenvalue weighted by molar-refractivity contribution is -0.192. The number of carboxylic acids is 2. The van der Waals surface area contributed by atoms with E-state index in [4.69, 9.17) is 20.4 Å². The number of hydrogen-bond acceptors (Lipinski definition) is 5. The summed E-state index contributed by atoms with van der Waals surface area (Å²) in [7, 11) is 0. The summed E-state index contributed by atoms with van der Waals surface area (Å²) in [6, 6.07) is 15.2. The van der Waals surface area contributed by atoms with Crippen molar-refractivity contribution in [3.05, 3.63) is 65.7 Å². The lowest BCUT2D eigenvalue weighted by Crippen LogP contribution is -2.48. The first-order chi connectivity index (χ1) is 14.9. The second-order valence-corrected chi connectivity index (χ2v) is 6.61. The van der Waals surface area contributed by atoms with Gasteiger partial charge in [0.15, 0.2) is 0 Å². The molecule has 174 valence electrons. The first-order valence-corrected chi connectivity index (χ1v) is 9.24. The van der Waals surface area contributed by atoms with Crippen LogP contribution in [-0.4, -0.2) is 46.3 Å². The summed E-state index contributed by atoms with van der Waals surface area (Å²) in [5, 5.41) is 18.8. The maximum absolute atomic E-state index is 11.6. The molecule has 0 spiro atoms. The van der Waals surface area contributed by atoms with Crippen molar-refractivity contribution in [1.29, 1.82) is 0 Å². The number of alkyl halides is 3. The first kappa shape index (κ1) is 26.4. The number of amides is 1. The molecule has 5 N–H and O–H groups in total. The highest BCUT2D eigenvalue weighted by Crippen LogP contribution is 2.15. The van der Waals surface area contributed by atoms with Crippen LogP contribution < -0.4 is 15.8 Å². The van der Waals surface area contributed by atoms with Crippen LogP contribution in [0.25, 0.3) is 0 Å². The van der Waals surface area contributed by atoms with E-state index in [9.17, 15) is 27.9 Å². The zero-order valence-corrected chi connectivity index (χ0v) is 17.0. The number of nitrogens with one attached hydrogen (secondary N) is 1. The molecule has 0 radical (unpaired) electrons. The number of ether oxygens (including phenoxy) is 1. The molecular formula is C21H23F3N2O6. The van der Waals surface area contributed by atoms with E-state index in [0.717, 1.165) is 11.1 Å². The molecule has 11 heteroatoms. The Bertz CT molecular complexity index is 887. The molecule has 0 saturated heterocycles. The van der Waals surface area contributed by atoms with Crippen LogP contribution in [0.1, 0.15) is 18.1 Å². The molecule has 2 aromatic rings. The minimum absolute atomic E-state index is 0.173. The van der Waals surface area contributed by atoms with Gasteiger partial charge in [0.1, 0.15) is 18.4 Å². The van der Waals surface area contributed by atoms with Crippen molar-refractivity contribution < 1.29 is 42.5 Å². The Morgan fingerprint density at radius 3 is 1.97 bits per heavy atom. The molecule has 0 fully saturated rings. The summed E-state index contributed by atoms with van der Waals surface area (Å²) >= 11 is 0. The summed E-state index contributed by atoms with van der Waals surface area (Å²) < 4.78 is 37.4. The third-order valence-corrected chi connectivity index (χ3v) is 3.88. The molecule has 1 amide bonds. The number of rotatable bonds is 8. The fraction of sp³-hybridized carbons (Fsp3) is 0.286. The van der Waals surface area contributed by atoms with Gasteiger partial charge in [-0.05, 0) is 30.2 Å². The molecule has 0 saturated carbocycles. The number of halogens is 3. The lowest BCUT2D eigenvalue weighted by atomic mass is 10.1. The Morgan fingerprint density at radius 2 is 1.53 bits per heavy atom. The second-order valence-electron chi connectivity index (χ2n) is 6.61. The van der Waals surface area contributed by atoms with Gasteiger partial charge in [0.05, 0.1) is 6.04 Å². The van der Waals surface area contributed by atoms with Gasteiger partial charge in [-0.1, -0.05) is 42.5 Å². The zero-order valence-electron chi connectivity index (χ0n) is 17.0. The predicted molar refractivity (Wildman–Crippen MR) is 108 cm³/mol. The number of aliphatic carboxylic acids is 2. The number of carboxylic acid groups (broad SMARTS) is 2. The largest absolute Gasteiger partial charge is 0.490 e. The summed E-state index contributed by atoms with van der Waals surface area (Å²) in [6.45, 7) is 1.97. The SMILES string of the molecule is C[C@H](N)C(=O)NC(Cc1ccc(OCc2ccccc2)cc1)C(=O)O.O=C(O)C(F)(F)F. The summed E-state index contributed by atoms with van der Waals surface area (Å²) in [4.78, 5) is 31.8. The average molecular weight is 456 g/mol. The van der Waals surface area contributed by atoms with E-state index in [-0.39, 0.29) is 6.42 Å². The maximum atomic E-state index is 11.6.